The van der Waals surface area contributed by atoms with Crippen LogP contribution in [-0.4, -0.2) is 7.11 Å². The van der Waals surface area contributed by atoms with Crippen molar-refractivity contribution in [2.45, 2.75) is 13.5 Å². The average molecular weight is 245 g/mol. The first kappa shape index (κ1) is 12.4. The number of methoxy groups -OCH3 is 1. The molecule has 2 aromatic rings. The van der Waals surface area contributed by atoms with E-state index in [0.717, 1.165) is 5.56 Å². The van der Waals surface area contributed by atoms with Crippen molar-refractivity contribution in [3.05, 3.63) is 59.4 Å². The summed E-state index contributed by atoms with van der Waals surface area (Å²) in [6.45, 7) is 2.63. The largest absolute Gasteiger partial charge is 0.497 e. The van der Waals surface area contributed by atoms with Gasteiger partial charge in [0.1, 0.15) is 11.6 Å². The van der Waals surface area contributed by atoms with Gasteiger partial charge in [-0.25, -0.2) is 4.39 Å². The second kappa shape index (κ2) is 5.54. The molecule has 0 fully saturated rings. The summed E-state index contributed by atoms with van der Waals surface area (Å²) in [6, 6.07) is 12.8. The molecule has 0 spiro atoms. The molecule has 0 unspecified atom stereocenters. The van der Waals surface area contributed by atoms with Gasteiger partial charge in [0.15, 0.2) is 0 Å². The molecule has 0 bridgehead atoms. The minimum atomic E-state index is -0.275. The fourth-order valence-corrected chi connectivity index (χ4v) is 1.67. The smallest absolute Gasteiger partial charge is 0.146 e. The molecule has 0 saturated heterocycles. The van der Waals surface area contributed by atoms with Gasteiger partial charge in [-0.2, -0.15) is 0 Å². The Labute approximate surface area is 106 Å². The van der Waals surface area contributed by atoms with Gasteiger partial charge in [-0.05, 0) is 24.6 Å². The van der Waals surface area contributed by atoms with Crippen LogP contribution in [0.3, 0.4) is 0 Å². The normalized spacial score (nSPS) is 10.2. The highest BCUT2D eigenvalue weighted by molar-refractivity contribution is 5.50. The molecule has 94 valence electrons. The first-order valence-corrected chi connectivity index (χ1v) is 5.82. The lowest BCUT2D eigenvalue weighted by molar-refractivity contribution is 0.414. The summed E-state index contributed by atoms with van der Waals surface area (Å²) < 4.78 is 18.6. The Balaban J connectivity index is 2.07. The van der Waals surface area contributed by atoms with E-state index in [1.165, 1.54) is 11.6 Å². The minimum Gasteiger partial charge on any atom is -0.497 e. The van der Waals surface area contributed by atoms with E-state index >= 15 is 0 Å². The fraction of sp³-hybridized carbons (Fsp3) is 0.200. The van der Waals surface area contributed by atoms with Crippen molar-refractivity contribution in [2.75, 3.05) is 12.4 Å². The molecule has 0 atom stereocenters. The highest BCUT2D eigenvalue weighted by Gasteiger charge is 2.03. The molecule has 0 amide bonds. The lowest BCUT2D eigenvalue weighted by atomic mass is 10.1. The van der Waals surface area contributed by atoms with Gasteiger partial charge in [0.05, 0.1) is 12.8 Å². The van der Waals surface area contributed by atoms with E-state index in [-0.39, 0.29) is 5.82 Å². The molecule has 0 aromatic heterocycles. The molecule has 2 aromatic carbocycles. The number of ether oxygens (including phenoxy) is 1. The number of rotatable bonds is 4. The van der Waals surface area contributed by atoms with Crippen molar-refractivity contribution in [3.8, 4) is 5.75 Å². The first-order valence-electron chi connectivity index (χ1n) is 5.82. The summed E-state index contributed by atoms with van der Waals surface area (Å²) in [6.07, 6.45) is 0. The molecule has 2 nitrogen and oxygen atoms in total. The van der Waals surface area contributed by atoms with E-state index in [2.05, 4.69) is 5.32 Å². The van der Waals surface area contributed by atoms with Crippen LogP contribution >= 0.6 is 0 Å². The third-order valence-electron chi connectivity index (χ3n) is 2.78. The maximum atomic E-state index is 13.6. The molecular weight excluding hydrogens is 229 g/mol. The van der Waals surface area contributed by atoms with Gasteiger partial charge in [-0.15, -0.1) is 0 Å². The van der Waals surface area contributed by atoms with Gasteiger partial charge in [0, 0.05) is 12.6 Å². The molecule has 3 heteroatoms. The molecule has 0 saturated carbocycles. The van der Waals surface area contributed by atoms with Crippen LogP contribution in [0.4, 0.5) is 10.1 Å². The second-order valence-corrected chi connectivity index (χ2v) is 4.18. The van der Waals surface area contributed by atoms with Crippen LogP contribution in [0, 0.1) is 12.7 Å². The van der Waals surface area contributed by atoms with E-state index in [0.29, 0.717) is 18.0 Å². The predicted octanol–water partition coefficient (Wildman–Crippen LogP) is 3.75. The van der Waals surface area contributed by atoms with E-state index in [9.17, 15) is 4.39 Å². The van der Waals surface area contributed by atoms with Gasteiger partial charge in [-0.1, -0.05) is 29.8 Å². The summed E-state index contributed by atoms with van der Waals surface area (Å²) >= 11 is 0. The summed E-state index contributed by atoms with van der Waals surface area (Å²) in [5, 5.41) is 3.07. The van der Waals surface area contributed by atoms with Crippen LogP contribution in [0.25, 0.3) is 0 Å². The maximum Gasteiger partial charge on any atom is 0.146 e. The predicted molar refractivity (Wildman–Crippen MR) is 71.5 cm³/mol. The van der Waals surface area contributed by atoms with Crippen molar-refractivity contribution in [1.82, 2.24) is 0 Å². The minimum absolute atomic E-state index is 0.275. The lowest BCUT2D eigenvalue weighted by Gasteiger charge is -2.09. The standard InChI is InChI=1S/C15H16FNO/c1-11-3-5-12(6-4-11)10-17-15-9-13(18-2)7-8-14(15)16/h3-9,17H,10H2,1-2H3. The SMILES string of the molecule is COc1ccc(F)c(NCc2ccc(C)cc2)c1. The molecule has 2 rings (SSSR count). The average Bonchev–Trinajstić information content (AvgIpc) is 2.40. The molecule has 0 aliphatic rings. The summed E-state index contributed by atoms with van der Waals surface area (Å²) in [4.78, 5) is 0. The topological polar surface area (TPSA) is 21.3 Å². The molecule has 0 heterocycles. The number of nitrogens with one attached hydrogen (secondary N) is 1. The maximum absolute atomic E-state index is 13.6. The van der Waals surface area contributed by atoms with Crippen molar-refractivity contribution < 1.29 is 9.13 Å². The summed E-state index contributed by atoms with van der Waals surface area (Å²) in [5.74, 6) is 0.366. The van der Waals surface area contributed by atoms with E-state index in [4.69, 9.17) is 4.74 Å². The number of aryl methyl sites for hydroxylation is 1. The van der Waals surface area contributed by atoms with Crippen LogP contribution in [-0.2, 0) is 6.54 Å². The Hall–Kier alpha value is -2.03. The van der Waals surface area contributed by atoms with Gasteiger partial charge in [-0.3, -0.25) is 0 Å². The van der Waals surface area contributed by atoms with Gasteiger partial charge < -0.3 is 10.1 Å². The zero-order chi connectivity index (χ0) is 13.0. The van der Waals surface area contributed by atoms with Crippen molar-refractivity contribution in [2.24, 2.45) is 0 Å². The Morgan fingerprint density at radius 1 is 1.11 bits per heavy atom. The van der Waals surface area contributed by atoms with Crippen LogP contribution < -0.4 is 10.1 Å². The summed E-state index contributed by atoms with van der Waals surface area (Å²) in [5.41, 5.74) is 2.78. The van der Waals surface area contributed by atoms with E-state index < -0.39 is 0 Å². The Kier molecular flexibility index (Phi) is 3.82. The number of benzene rings is 2. The van der Waals surface area contributed by atoms with Gasteiger partial charge >= 0.3 is 0 Å². The summed E-state index contributed by atoms with van der Waals surface area (Å²) in [7, 11) is 1.57. The van der Waals surface area contributed by atoms with Crippen LogP contribution in [0.1, 0.15) is 11.1 Å². The zero-order valence-corrected chi connectivity index (χ0v) is 10.5. The van der Waals surface area contributed by atoms with Crippen LogP contribution in [0.2, 0.25) is 0 Å². The Morgan fingerprint density at radius 3 is 2.50 bits per heavy atom. The second-order valence-electron chi connectivity index (χ2n) is 4.18. The molecule has 0 radical (unpaired) electrons. The highest BCUT2D eigenvalue weighted by Crippen LogP contribution is 2.21. The lowest BCUT2D eigenvalue weighted by Crippen LogP contribution is -2.01. The Morgan fingerprint density at radius 2 is 1.83 bits per heavy atom. The number of hydrogen-bond donors (Lipinski definition) is 1. The van der Waals surface area contributed by atoms with Crippen LogP contribution in [0.15, 0.2) is 42.5 Å². The number of hydrogen-bond acceptors (Lipinski definition) is 2. The zero-order valence-electron chi connectivity index (χ0n) is 10.5. The van der Waals surface area contributed by atoms with Crippen molar-refractivity contribution in [1.29, 1.82) is 0 Å². The van der Waals surface area contributed by atoms with Crippen molar-refractivity contribution in [3.63, 3.8) is 0 Å². The number of halogens is 1. The highest BCUT2D eigenvalue weighted by atomic mass is 19.1. The fourth-order valence-electron chi connectivity index (χ4n) is 1.67. The monoisotopic (exact) mass is 245 g/mol. The third-order valence-corrected chi connectivity index (χ3v) is 2.78. The molecule has 1 N–H and O–H groups in total. The third kappa shape index (κ3) is 3.00. The quantitative estimate of drug-likeness (QED) is 0.885. The molecule has 0 aliphatic carbocycles. The number of anilines is 1. The molecular formula is C15H16FNO. The first-order chi connectivity index (χ1) is 8.69. The Bertz CT molecular complexity index is 523. The van der Waals surface area contributed by atoms with Gasteiger partial charge in [0.2, 0.25) is 0 Å². The van der Waals surface area contributed by atoms with Crippen molar-refractivity contribution >= 4 is 5.69 Å². The molecule has 18 heavy (non-hydrogen) atoms. The van der Waals surface area contributed by atoms with E-state index in [1.54, 1.807) is 19.2 Å². The van der Waals surface area contributed by atoms with Crippen LogP contribution in [0.5, 0.6) is 5.75 Å². The van der Waals surface area contributed by atoms with Gasteiger partial charge in [0.25, 0.3) is 0 Å². The van der Waals surface area contributed by atoms with E-state index in [1.807, 2.05) is 31.2 Å². The molecule has 0 aliphatic heterocycles.